The van der Waals surface area contributed by atoms with Gasteiger partial charge in [0.15, 0.2) is 6.10 Å². The Labute approximate surface area is 179 Å². The van der Waals surface area contributed by atoms with Crippen molar-refractivity contribution in [1.29, 1.82) is 0 Å². The van der Waals surface area contributed by atoms with E-state index >= 15 is 0 Å². The second-order valence-electron chi connectivity index (χ2n) is 7.69. The van der Waals surface area contributed by atoms with Crippen molar-refractivity contribution in [2.75, 3.05) is 5.32 Å². The van der Waals surface area contributed by atoms with Crippen LogP contribution in [0.5, 0.6) is 0 Å². The highest BCUT2D eigenvalue weighted by atomic mass is 32.2. The molecule has 0 aliphatic carbocycles. The number of anilines is 1. The standard InChI is InChI=1S/C20H23N3O7S/c1-13(18(24)21-16-7-5-6-8-17(16)23(26)27)30-19(25)14-9-11-15(12-10-14)31(28,29)22-20(2,3)4/h5-13,22H,1-4H3,(H,21,24). The van der Waals surface area contributed by atoms with Gasteiger partial charge in [-0.3, -0.25) is 14.9 Å². The first-order valence-electron chi connectivity index (χ1n) is 9.19. The number of hydrogen-bond acceptors (Lipinski definition) is 7. The third-order valence-electron chi connectivity index (χ3n) is 3.85. The predicted octanol–water partition coefficient (Wildman–Crippen LogP) is 2.86. The zero-order valence-corrected chi connectivity index (χ0v) is 18.2. The molecule has 2 N–H and O–H groups in total. The molecule has 31 heavy (non-hydrogen) atoms. The number of amides is 1. The number of para-hydroxylation sites is 2. The highest BCUT2D eigenvalue weighted by Crippen LogP contribution is 2.23. The maximum absolute atomic E-state index is 12.3. The van der Waals surface area contributed by atoms with Crippen molar-refractivity contribution >= 4 is 33.3 Å². The second kappa shape index (κ2) is 9.23. The molecule has 0 aromatic heterocycles. The number of nitro groups is 1. The summed E-state index contributed by atoms with van der Waals surface area (Å²) in [6.45, 7) is 6.42. The van der Waals surface area contributed by atoms with Gasteiger partial charge in [0.05, 0.1) is 15.4 Å². The number of nitrogens with zero attached hydrogens (tertiary/aromatic N) is 1. The first-order chi connectivity index (χ1) is 14.3. The minimum Gasteiger partial charge on any atom is -0.449 e. The molecule has 0 aliphatic rings. The largest absolute Gasteiger partial charge is 0.449 e. The maximum atomic E-state index is 12.3. The topological polar surface area (TPSA) is 145 Å². The maximum Gasteiger partial charge on any atom is 0.338 e. The number of carbonyl (C=O) groups excluding carboxylic acids is 2. The van der Waals surface area contributed by atoms with Gasteiger partial charge >= 0.3 is 5.97 Å². The summed E-state index contributed by atoms with van der Waals surface area (Å²) in [7, 11) is -3.76. The molecule has 0 radical (unpaired) electrons. The third kappa shape index (κ3) is 6.59. The van der Waals surface area contributed by atoms with Crippen molar-refractivity contribution < 1.29 is 27.7 Å². The molecule has 0 saturated heterocycles. The van der Waals surface area contributed by atoms with Gasteiger partial charge in [0.25, 0.3) is 11.6 Å². The van der Waals surface area contributed by atoms with E-state index in [4.69, 9.17) is 4.74 Å². The molecule has 0 bridgehead atoms. The minimum absolute atomic E-state index is 0.0266. The molecule has 1 unspecified atom stereocenters. The molecule has 166 valence electrons. The molecule has 11 heteroatoms. The van der Waals surface area contributed by atoms with E-state index in [2.05, 4.69) is 10.0 Å². The van der Waals surface area contributed by atoms with Crippen LogP contribution >= 0.6 is 0 Å². The van der Waals surface area contributed by atoms with Crippen molar-refractivity contribution in [2.45, 2.75) is 44.2 Å². The van der Waals surface area contributed by atoms with E-state index in [0.29, 0.717) is 0 Å². The lowest BCUT2D eigenvalue weighted by Crippen LogP contribution is -2.40. The zero-order valence-electron chi connectivity index (χ0n) is 17.4. The van der Waals surface area contributed by atoms with Gasteiger partial charge in [-0.25, -0.2) is 17.9 Å². The smallest absolute Gasteiger partial charge is 0.338 e. The first kappa shape index (κ1) is 24.0. The Kier molecular flexibility index (Phi) is 7.13. The molecule has 0 fully saturated rings. The van der Waals surface area contributed by atoms with Gasteiger partial charge in [-0.15, -0.1) is 0 Å². The number of nitro benzene ring substituents is 1. The summed E-state index contributed by atoms with van der Waals surface area (Å²) in [5.74, 6) is -1.60. The molecule has 2 rings (SSSR count). The number of carbonyl (C=O) groups is 2. The van der Waals surface area contributed by atoms with Crippen molar-refractivity contribution in [3.05, 3.63) is 64.2 Å². The Morgan fingerprint density at radius 3 is 2.19 bits per heavy atom. The van der Waals surface area contributed by atoms with Gasteiger partial charge in [-0.1, -0.05) is 12.1 Å². The summed E-state index contributed by atoms with van der Waals surface area (Å²) >= 11 is 0. The van der Waals surface area contributed by atoms with Crippen LogP contribution in [-0.2, 0) is 19.6 Å². The second-order valence-corrected chi connectivity index (χ2v) is 9.37. The van der Waals surface area contributed by atoms with E-state index in [0.717, 1.165) is 0 Å². The summed E-state index contributed by atoms with van der Waals surface area (Å²) in [5.41, 5.74) is -0.955. The lowest BCUT2D eigenvalue weighted by Gasteiger charge is -2.20. The van der Waals surface area contributed by atoms with Crippen LogP contribution in [0.1, 0.15) is 38.1 Å². The van der Waals surface area contributed by atoms with E-state index in [1.54, 1.807) is 20.8 Å². The van der Waals surface area contributed by atoms with E-state index in [-0.39, 0.29) is 21.8 Å². The van der Waals surface area contributed by atoms with Gasteiger partial charge in [0, 0.05) is 11.6 Å². The fraction of sp³-hybridized carbons (Fsp3) is 0.300. The Morgan fingerprint density at radius 2 is 1.65 bits per heavy atom. The SMILES string of the molecule is CC(OC(=O)c1ccc(S(=O)(=O)NC(C)(C)C)cc1)C(=O)Nc1ccccc1[N+](=O)[O-]. The summed E-state index contributed by atoms with van der Waals surface area (Å²) in [5, 5.41) is 13.4. The number of sulfonamides is 1. The molecule has 1 atom stereocenters. The summed E-state index contributed by atoms with van der Waals surface area (Å²) < 4.78 is 32.2. The average Bonchev–Trinajstić information content (AvgIpc) is 2.66. The molecular formula is C20H23N3O7S. The average molecular weight is 449 g/mol. The van der Waals surface area contributed by atoms with E-state index in [9.17, 15) is 28.1 Å². The number of esters is 1. The van der Waals surface area contributed by atoms with Crippen LogP contribution in [0.4, 0.5) is 11.4 Å². The Morgan fingerprint density at radius 1 is 1.06 bits per heavy atom. The van der Waals surface area contributed by atoms with Crippen molar-refractivity contribution in [3.8, 4) is 0 Å². The molecule has 0 spiro atoms. The van der Waals surface area contributed by atoms with Crippen LogP contribution < -0.4 is 10.0 Å². The molecule has 2 aromatic rings. The van der Waals surface area contributed by atoms with Crippen LogP contribution in [0, 0.1) is 10.1 Å². The highest BCUT2D eigenvalue weighted by Gasteiger charge is 2.24. The molecule has 0 aliphatic heterocycles. The van der Waals surface area contributed by atoms with Crippen LogP contribution in [0.3, 0.4) is 0 Å². The van der Waals surface area contributed by atoms with E-state index in [1.807, 2.05) is 0 Å². The van der Waals surface area contributed by atoms with Gasteiger partial charge in [0.2, 0.25) is 10.0 Å². The van der Waals surface area contributed by atoms with Crippen LogP contribution in [0.25, 0.3) is 0 Å². The fourth-order valence-electron chi connectivity index (χ4n) is 2.49. The monoisotopic (exact) mass is 449 g/mol. The summed E-state index contributed by atoms with van der Waals surface area (Å²) in [6, 6.07) is 10.6. The predicted molar refractivity (Wildman–Crippen MR) is 113 cm³/mol. The summed E-state index contributed by atoms with van der Waals surface area (Å²) in [6.07, 6.45) is -1.25. The van der Waals surface area contributed by atoms with Crippen LogP contribution in [0.15, 0.2) is 53.4 Å². The van der Waals surface area contributed by atoms with Gasteiger partial charge < -0.3 is 10.1 Å². The van der Waals surface area contributed by atoms with E-state index < -0.39 is 38.5 Å². The fourth-order valence-corrected chi connectivity index (χ4v) is 3.91. The molecule has 0 saturated carbocycles. The van der Waals surface area contributed by atoms with Crippen LogP contribution in [0.2, 0.25) is 0 Å². The van der Waals surface area contributed by atoms with Gasteiger partial charge in [0.1, 0.15) is 5.69 Å². The molecule has 2 aromatic carbocycles. The van der Waals surface area contributed by atoms with Crippen molar-refractivity contribution in [1.82, 2.24) is 4.72 Å². The minimum atomic E-state index is -3.76. The van der Waals surface area contributed by atoms with Crippen LogP contribution in [-0.4, -0.2) is 36.9 Å². The Hall–Kier alpha value is -3.31. The number of rotatable bonds is 7. The molecule has 0 heterocycles. The molecule has 10 nitrogen and oxygen atoms in total. The number of hydrogen-bond donors (Lipinski definition) is 2. The third-order valence-corrected chi connectivity index (χ3v) is 5.63. The normalized spacial score (nSPS) is 12.6. The lowest BCUT2D eigenvalue weighted by atomic mass is 10.1. The summed E-state index contributed by atoms with van der Waals surface area (Å²) in [4.78, 5) is 34.9. The Balaban J connectivity index is 2.06. The van der Waals surface area contributed by atoms with Crippen molar-refractivity contribution in [3.63, 3.8) is 0 Å². The molecular weight excluding hydrogens is 426 g/mol. The van der Waals surface area contributed by atoms with Crippen molar-refractivity contribution in [2.24, 2.45) is 0 Å². The number of ether oxygens (including phenoxy) is 1. The first-order valence-corrected chi connectivity index (χ1v) is 10.7. The zero-order chi connectivity index (χ0) is 23.4. The quantitative estimate of drug-likeness (QED) is 0.375. The van der Waals surface area contributed by atoms with Gasteiger partial charge in [-0.05, 0) is 58.0 Å². The van der Waals surface area contributed by atoms with Gasteiger partial charge in [-0.2, -0.15) is 0 Å². The molecule has 1 amide bonds. The highest BCUT2D eigenvalue weighted by molar-refractivity contribution is 7.89. The van der Waals surface area contributed by atoms with E-state index in [1.165, 1.54) is 55.5 Å². The number of benzene rings is 2. The lowest BCUT2D eigenvalue weighted by molar-refractivity contribution is -0.383. The number of nitrogens with one attached hydrogen (secondary N) is 2. The Bertz CT molecular complexity index is 1090.